The summed E-state index contributed by atoms with van der Waals surface area (Å²) in [6, 6.07) is 5.28. The Balaban J connectivity index is 2.05. The first-order chi connectivity index (χ1) is 7.66. The van der Waals surface area contributed by atoms with Gasteiger partial charge in [0.1, 0.15) is 0 Å². The highest BCUT2D eigenvalue weighted by atomic mass is 16.5. The van der Waals surface area contributed by atoms with Gasteiger partial charge in [0.05, 0.1) is 17.5 Å². The van der Waals surface area contributed by atoms with Crippen LogP contribution in [0.1, 0.15) is 23.7 Å². The highest BCUT2D eigenvalue weighted by Gasteiger charge is 2.17. The van der Waals surface area contributed by atoms with Gasteiger partial charge in [-0.25, -0.2) is 0 Å². The lowest BCUT2D eigenvalue weighted by Crippen LogP contribution is -2.33. The van der Waals surface area contributed by atoms with E-state index < -0.39 is 0 Å². The van der Waals surface area contributed by atoms with Gasteiger partial charge in [0.2, 0.25) is 0 Å². The van der Waals surface area contributed by atoms with Crippen LogP contribution in [0.15, 0.2) is 18.2 Å². The molecule has 4 heteroatoms. The molecule has 0 aliphatic carbocycles. The van der Waals surface area contributed by atoms with E-state index in [2.05, 4.69) is 5.32 Å². The molecule has 86 valence electrons. The van der Waals surface area contributed by atoms with Gasteiger partial charge < -0.3 is 15.8 Å². The maximum atomic E-state index is 11.2. The molecule has 0 radical (unpaired) electrons. The first kappa shape index (κ1) is 11.0. The van der Waals surface area contributed by atoms with Crippen LogP contribution in [0.5, 0.6) is 0 Å². The molecule has 3 N–H and O–H groups in total. The third-order valence-corrected chi connectivity index (χ3v) is 2.77. The number of nitrogen functional groups attached to an aromatic ring is 1. The van der Waals surface area contributed by atoms with Crippen molar-refractivity contribution < 1.29 is 9.53 Å². The number of ether oxygens (including phenoxy) is 1. The predicted molar refractivity (Wildman–Crippen MR) is 63.7 cm³/mol. The molecule has 1 aromatic carbocycles. The van der Waals surface area contributed by atoms with Crippen molar-refractivity contribution in [2.75, 3.05) is 24.2 Å². The molecule has 4 nitrogen and oxygen atoms in total. The number of nitrogens with two attached hydrogens (primary N) is 1. The van der Waals surface area contributed by atoms with Gasteiger partial charge in [-0.2, -0.15) is 0 Å². The molecule has 0 spiro atoms. The number of Topliss-reactive ketones (excluding diaryl/α,β-unsaturated/α-hetero) is 1. The smallest absolute Gasteiger partial charge is 0.159 e. The molecule has 1 saturated heterocycles. The second-order valence-electron chi connectivity index (χ2n) is 4.02. The van der Waals surface area contributed by atoms with Crippen LogP contribution in [0.3, 0.4) is 0 Å². The second-order valence-corrected chi connectivity index (χ2v) is 4.02. The van der Waals surface area contributed by atoms with Crippen molar-refractivity contribution in [1.82, 2.24) is 0 Å². The minimum absolute atomic E-state index is 0.0444. The van der Waals surface area contributed by atoms with Crippen LogP contribution in [0.25, 0.3) is 0 Å². The minimum atomic E-state index is 0.0444. The summed E-state index contributed by atoms with van der Waals surface area (Å²) in [4.78, 5) is 11.2. The van der Waals surface area contributed by atoms with Crippen LogP contribution in [-0.2, 0) is 4.74 Å². The first-order valence-electron chi connectivity index (χ1n) is 5.43. The molecule has 1 aliphatic rings. The van der Waals surface area contributed by atoms with Crippen molar-refractivity contribution in [3.63, 3.8) is 0 Å². The van der Waals surface area contributed by atoms with E-state index in [1.807, 2.05) is 0 Å². The predicted octanol–water partition coefficient (Wildman–Crippen LogP) is 1.67. The Hall–Kier alpha value is -1.55. The molecule has 1 aliphatic heterocycles. The van der Waals surface area contributed by atoms with Crippen LogP contribution in [0.4, 0.5) is 11.4 Å². The summed E-state index contributed by atoms with van der Waals surface area (Å²) < 4.78 is 5.30. The van der Waals surface area contributed by atoms with Crippen LogP contribution < -0.4 is 11.1 Å². The third kappa shape index (κ3) is 2.33. The van der Waals surface area contributed by atoms with Gasteiger partial charge >= 0.3 is 0 Å². The summed E-state index contributed by atoms with van der Waals surface area (Å²) in [5.74, 6) is 0.0444. The van der Waals surface area contributed by atoms with Crippen molar-refractivity contribution in [3.8, 4) is 0 Å². The number of carbonyl (C=O) groups excluding carboxylic acids is 1. The SMILES string of the molecule is CC(=O)c1ccc(N)c(NC[C@@H]2CCO2)c1. The highest BCUT2D eigenvalue weighted by Crippen LogP contribution is 2.21. The first-order valence-corrected chi connectivity index (χ1v) is 5.43. The number of hydrogen-bond acceptors (Lipinski definition) is 4. The summed E-state index contributed by atoms with van der Waals surface area (Å²) in [6.45, 7) is 3.13. The number of anilines is 2. The van der Waals surface area contributed by atoms with Crippen LogP contribution in [0, 0.1) is 0 Å². The van der Waals surface area contributed by atoms with Crippen molar-refractivity contribution in [1.29, 1.82) is 0 Å². The van der Waals surface area contributed by atoms with Crippen molar-refractivity contribution in [3.05, 3.63) is 23.8 Å². The quantitative estimate of drug-likeness (QED) is 0.598. The topological polar surface area (TPSA) is 64.4 Å². The van der Waals surface area contributed by atoms with Gasteiger partial charge in [-0.1, -0.05) is 0 Å². The summed E-state index contributed by atoms with van der Waals surface area (Å²) in [5, 5.41) is 3.21. The van der Waals surface area contributed by atoms with E-state index in [-0.39, 0.29) is 11.9 Å². The number of carbonyl (C=O) groups is 1. The van der Waals surface area contributed by atoms with Gasteiger partial charge in [0.15, 0.2) is 5.78 Å². The van der Waals surface area contributed by atoms with Crippen molar-refractivity contribution >= 4 is 17.2 Å². The molecule has 0 aromatic heterocycles. The molecule has 0 unspecified atom stereocenters. The third-order valence-electron chi connectivity index (χ3n) is 2.77. The summed E-state index contributed by atoms with van der Waals surface area (Å²) in [6.07, 6.45) is 1.36. The van der Waals surface area contributed by atoms with E-state index >= 15 is 0 Å². The second kappa shape index (κ2) is 4.53. The van der Waals surface area contributed by atoms with Gasteiger partial charge in [-0.05, 0) is 31.5 Å². The Morgan fingerprint density at radius 2 is 2.38 bits per heavy atom. The lowest BCUT2D eigenvalue weighted by Gasteiger charge is -2.27. The fourth-order valence-electron chi connectivity index (χ4n) is 1.60. The van der Waals surface area contributed by atoms with Gasteiger partial charge in [0.25, 0.3) is 0 Å². The Morgan fingerprint density at radius 3 is 2.94 bits per heavy atom. The van der Waals surface area contributed by atoms with E-state index in [9.17, 15) is 4.79 Å². The zero-order valence-electron chi connectivity index (χ0n) is 9.32. The summed E-state index contributed by atoms with van der Waals surface area (Å²) in [5.41, 5.74) is 7.96. The van der Waals surface area contributed by atoms with E-state index in [0.717, 1.165) is 25.3 Å². The number of ketones is 1. The molecule has 1 atom stereocenters. The molecule has 1 aromatic rings. The fraction of sp³-hybridized carbons (Fsp3) is 0.417. The summed E-state index contributed by atoms with van der Waals surface area (Å²) in [7, 11) is 0. The minimum Gasteiger partial charge on any atom is -0.397 e. The maximum Gasteiger partial charge on any atom is 0.159 e. The molecule has 0 saturated carbocycles. The average molecular weight is 220 g/mol. The lowest BCUT2D eigenvalue weighted by atomic mass is 10.1. The normalized spacial score (nSPS) is 18.9. The van der Waals surface area contributed by atoms with E-state index in [4.69, 9.17) is 10.5 Å². The number of rotatable bonds is 4. The molecule has 0 bridgehead atoms. The monoisotopic (exact) mass is 220 g/mol. The molecular weight excluding hydrogens is 204 g/mol. The molecule has 0 amide bonds. The van der Waals surface area contributed by atoms with E-state index in [0.29, 0.717) is 11.3 Å². The van der Waals surface area contributed by atoms with E-state index in [1.54, 1.807) is 25.1 Å². The fourth-order valence-corrected chi connectivity index (χ4v) is 1.60. The Kier molecular flexibility index (Phi) is 3.10. The van der Waals surface area contributed by atoms with Gasteiger partial charge in [0, 0.05) is 18.7 Å². The van der Waals surface area contributed by atoms with Crippen molar-refractivity contribution in [2.45, 2.75) is 19.4 Å². The Bertz CT molecular complexity index is 400. The Labute approximate surface area is 94.8 Å². The largest absolute Gasteiger partial charge is 0.397 e. The van der Waals surface area contributed by atoms with Crippen molar-refractivity contribution in [2.24, 2.45) is 0 Å². The van der Waals surface area contributed by atoms with Crippen LogP contribution in [-0.4, -0.2) is 25.0 Å². The zero-order chi connectivity index (χ0) is 11.5. The number of hydrogen-bond donors (Lipinski definition) is 2. The average Bonchev–Trinajstić information content (AvgIpc) is 2.18. The molecule has 2 rings (SSSR count). The van der Waals surface area contributed by atoms with E-state index in [1.165, 1.54) is 0 Å². The molecule has 1 heterocycles. The number of benzene rings is 1. The lowest BCUT2D eigenvalue weighted by molar-refractivity contribution is -0.0410. The summed E-state index contributed by atoms with van der Waals surface area (Å²) >= 11 is 0. The number of nitrogens with one attached hydrogen (secondary N) is 1. The molecule has 1 fully saturated rings. The van der Waals surface area contributed by atoms with Gasteiger partial charge in [-0.3, -0.25) is 4.79 Å². The highest BCUT2D eigenvalue weighted by molar-refractivity contribution is 5.96. The maximum absolute atomic E-state index is 11.2. The zero-order valence-corrected chi connectivity index (χ0v) is 9.32. The molecular formula is C12H16N2O2. The van der Waals surface area contributed by atoms with Crippen LogP contribution in [0.2, 0.25) is 0 Å². The molecule has 16 heavy (non-hydrogen) atoms. The Morgan fingerprint density at radius 1 is 1.62 bits per heavy atom. The van der Waals surface area contributed by atoms with Gasteiger partial charge in [-0.15, -0.1) is 0 Å². The van der Waals surface area contributed by atoms with Crippen LogP contribution >= 0.6 is 0 Å². The standard InChI is InChI=1S/C12H16N2O2/c1-8(15)9-2-3-11(13)12(6-9)14-7-10-4-5-16-10/h2-3,6,10,14H,4-5,7,13H2,1H3/t10-/m0/s1.